The van der Waals surface area contributed by atoms with E-state index in [2.05, 4.69) is 18.7 Å². The summed E-state index contributed by atoms with van der Waals surface area (Å²) in [5.41, 5.74) is 7.46. The molecule has 1 aromatic carbocycles. The van der Waals surface area contributed by atoms with Gasteiger partial charge in [0.1, 0.15) is 0 Å². The fraction of sp³-hybridized carbons (Fsp3) is 0.562. The van der Waals surface area contributed by atoms with E-state index in [1.165, 1.54) is 25.7 Å². The van der Waals surface area contributed by atoms with Crippen LogP contribution in [0.3, 0.4) is 0 Å². The molecule has 1 saturated carbocycles. The van der Waals surface area contributed by atoms with Crippen LogP contribution in [0.4, 0.5) is 11.4 Å². The molecule has 0 unspecified atom stereocenters. The van der Waals surface area contributed by atoms with E-state index in [4.69, 9.17) is 10.8 Å². The van der Waals surface area contributed by atoms with Crippen LogP contribution in [-0.4, -0.2) is 23.7 Å². The van der Waals surface area contributed by atoms with E-state index in [9.17, 15) is 4.79 Å². The van der Waals surface area contributed by atoms with Crippen LogP contribution < -0.4 is 10.6 Å². The van der Waals surface area contributed by atoms with Crippen molar-refractivity contribution in [1.82, 2.24) is 0 Å². The quantitative estimate of drug-likeness (QED) is 0.809. The first-order valence-corrected chi connectivity index (χ1v) is 7.38. The molecule has 1 aliphatic carbocycles. The van der Waals surface area contributed by atoms with Crippen molar-refractivity contribution in [2.24, 2.45) is 5.92 Å². The van der Waals surface area contributed by atoms with E-state index in [0.29, 0.717) is 17.6 Å². The maximum absolute atomic E-state index is 11.0. The van der Waals surface area contributed by atoms with Gasteiger partial charge in [0, 0.05) is 24.0 Å². The summed E-state index contributed by atoms with van der Waals surface area (Å²) in [5, 5.41) is 9.06. The number of rotatable bonds is 5. The van der Waals surface area contributed by atoms with Gasteiger partial charge in [-0.25, -0.2) is 4.79 Å². The number of anilines is 2. The van der Waals surface area contributed by atoms with Crippen LogP contribution in [0.5, 0.6) is 0 Å². The van der Waals surface area contributed by atoms with Gasteiger partial charge in [-0.05, 0) is 37.0 Å². The second-order valence-electron chi connectivity index (χ2n) is 6.06. The van der Waals surface area contributed by atoms with Crippen molar-refractivity contribution in [1.29, 1.82) is 0 Å². The molecule has 2 rings (SSSR count). The Hall–Kier alpha value is -1.71. The summed E-state index contributed by atoms with van der Waals surface area (Å²) in [7, 11) is 0. The Morgan fingerprint density at radius 3 is 2.55 bits per heavy atom. The van der Waals surface area contributed by atoms with Crippen LogP contribution in [-0.2, 0) is 0 Å². The zero-order valence-corrected chi connectivity index (χ0v) is 12.3. The van der Waals surface area contributed by atoms with Crippen molar-refractivity contribution < 1.29 is 9.90 Å². The molecule has 0 atom stereocenters. The van der Waals surface area contributed by atoms with Gasteiger partial charge in [0.05, 0.1) is 5.56 Å². The smallest absolute Gasteiger partial charge is 0.337 e. The second-order valence-corrected chi connectivity index (χ2v) is 6.06. The molecule has 1 fully saturated rings. The number of carboxylic acids is 1. The SMILES string of the molecule is CC(C)CN(c1ccc(C(=O)O)c(N)c1)C1CCCC1. The van der Waals surface area contributed by atoms with Crippen molar-refractivity contribution in [3.63, 3.8) is 0 Å². The number of benzene rings is 1. The molecule has 0 heterocycles. The molecule has 3 N–H and O–H groups in total. The largest absolute Gasteiger partial charge is 0.478 e. The van der Waals surface area contributed by atoms with Gasteiger partial charge in [0.25, 0.3) is 0 Å². The average Bonchev–Trinajstić information content (AvgIpc) is 2.88. The van der Waals surface area contributed by atoms with Crippen molar-refractivity contribution >= 4 is 17.3 Å². The second kappa shape index (κ2) is 6.16. The van der Waals surface area contributed by atoms with E-state index in [0.717, 1.165) is 12.2 Å². The summed E-state index contributed by atoms with van der Waals surface area (Å²) in [6, 6.07) is 5.88. The third-order valence-electron chi connectivity index (χ3n) is 3.92. The molecule has 4 nitrogen and oxygen atoms in total. The number of carbonyl (C=O) groups is 1. The molecule has 0 radical (unpaired) electrons. The number of hydrogen-bond donors (Lipinski definition) is 2. The molecule has 20 heavy (non-hydrogen) atoms. The van der Waals surface area contributed by atoms with Crippen LogP contribution in [0, 0.1) is 5.92 Å². The summed E-state index contributed by atoms with van der Waals surface area (Å²) in [6.07, 6.45) is 4.99. The Labute approximate surface area is 120 Å². The summed E-state index contributed by atoms with van der Waals surface area (Å²) in [4.78, 5) is 13.4. The lowest BCUT2D eigenvalue weighted by atomic mass is 10.1. The summed E-state index contributed by atoms with van der Waals surface area (Å²) < 4.78 is 0. The van der Waals surface area contributed by atoms with Crippen molar-refractivity contribution in [3.05, 3.63) is 23.8 Å². The zero-order valence-electron chi connectivity index (χ0n) is 12.3. The molecule has 110 valence electrons. The third-order valence-corrected chi connectivity index (χ3v) is 3.92. The van der Waals surface area contributed by atoms with Crippen LogP contribution in [0.25, 0.3) is 0 Å². The van der Waals surface area contributed by atoms with E-state index in [1.807, 2.05) is 12.1 Å². The Balaban J connectivity index is 2.28. The molecule has 1 aromatic rings. The fourth-order valence-electron chi connectivity index (χ4n) is 3.00. The van der Waals surface area contributed by atoms with E-state index in [-0.39, 0.29) is 5.56 Å². The molecule has 0 spiro atoms. The molecule has 0 aromatic heterocycles. The van der Waals surface area contributed by atoms with E-state index < -0.39 is 5.97 Å². The highest BCUT2D eigenvalue weighted by Gasteiger charge is 2.24. The van der Waals surface area contributed by atoms with Gasteiger partial charge in [-0.3, -0.25) is 0 Å². The number of nitrogen functional groups attached to an aromatic ring is 1. The summed E-state index contributed by atoms with van der Waals surface area (Å²) in [5.74, 6) is -0.402. The third kappa shape index (κ3) is 3.24. The van der Waals surface area contributed by atoms with Crippen molar-refractivity contribution in [3.8, 4) is 0 Å². The number of aromatic carboxylic acids is 1. The Kier molecular flexibility index (Phi) is 4.53. The van der Waals surface area contributed by atoms with Gasteiger partial charge in [0.2, 0.25) is 0 Å². The minimum Gasteiger partial charge on any atom is -0.478 e. The van der Waals surface area contributed by atoms with Gasteiger partial charge < -0.3 is 15.7 Å². The predicted molar refractivity (Wildman–Crippen MR) is 82.3 cm³/mol. The standard InChI is InChI=1S/C16H24N2O2/c1-11(2)10-18(12-5-3-4-6-12)13-7-8-14(16(19)20)15(17)9-13/h7-9,11-12H,3-6,10,17H2,1-2H3,(H,19,20). The van der Waals surface area contributed by atoms with E-state index in [1.54, 1.807) is 6.07 Å². The molecule has 1 aliphatic rings. The number of nitrogens with zero attached hydrogens (tertiary/aromatic N) is 1. The van der Waals surface area contributed by atoms with Gasteiger partial charge in [-0.15, -0.1) is 0 Å². The average molecular weight is 276 g/mol. The van der Waals surface area contributed by atoms with Crippen LogP contribution in [0.15, 0.2) is 18.2 Å². The fourth-order valence-corrected chi connectivity index (χ4v) is 3.00. The van der Waals surface area contributed by atoms with Gasteiger partial charge in [0.15, 0.2) is 0 Å². The van der Waals surface area contributed by atoms with E-state index >= 15 is 0 Å². The Morgan fingerprint density at radius 2 is 2.05 bits per heavy atom. The van der Waals surface area contributed by atoms with Crippen LogP contribution in [0.2, 0.25) is 0 Å². The molecular formula is C16H24N2O2. The van der Waals surface area contributed by atoms with Gasteiger partial charge >= 0.3 is 5.97 Å². The molecular weight excluding hydrogens is 252 g/mol. The highest BCUT2D eigenvalue weighted by Crippen LogP contribution is 2.31. The van der Waals surface area contributed by atoms with Crippen molar-refractivity contribution in [2.45, 2.75) is 45.6 Å². The molecule has 0 saturated heterocycles. The first-order chi connectivity index (χ1) is 9.49. The maximum atomic E-state index is 11.0. The molecule has 0 amide bonds. The monoisotopic (exact) mass is 276 g/mol. The molecule has 4 heteroatoms. The number of nitrogens with two attached hydrogens (primary N) is 1. The Morgan fingerprint density at radius 1 is 1.40 bits per heavy atom. The van der Waals surface area contributed by atoms with Crippen molar-refractivity contribution in [2.75, 3.05) is 17.2 Å². The van der Waals surface area contributed by atoms with Gasteiger partial charge in [-0.1, -0.05) is 26.7 Å². The number of carboxylic acid groups (broad SMARTS) is 1. The van der Waals surface area contributed by atoms with Gasteiger partial charge in [-0.2, -0.15) is 0 Å². The highest BCUT2D eigenvalue weighted by molar-refractivity contribution is 5.94. The molecule has 0 aliphatic heterocycles. The lowest BCUT2D eigenvalue weighted by Gasteiger charge is -2.33. The maximum Gasteiger partial charge on any atom is 0.337 e. The summed E-state index contributed by atoms with van der Waals surface area (Å²) in [6.45, 7) is 5.39. The van der Waals surface area contributed by atoms with Crippen LogP contribution in [0.1, 0.15) is 49.9 Å². The first-order valence-electron chi connectivity index (χ1n) is 7.38. The minimum absolute atomic E-state index is 0.185. The van der Waals surface area contributed by atoms with Crippen LogP contribution >= 0.6 is 0 Å². The predicted octanol–water partition coefficient (Wildman–Crippen LogP) is 3.37. The normalized spacial score (nSPS) is 15.8. The minimum atomic E-state index is -0.967. The lowest BCUT2D eigenvalue weighted by molar-refractivity contribution is 0.0698. The Bertz CT molecular complexity index is 479. The lowest BCUT2D eigenvalue weighted by Crippen LogP contribution is -2.36. The highest BCUT2D eigenvalue weighted by atomic mass is 16.4. The first kappa shape index (κ1) is 14.7. The summed E-state index contributed by atoms with van der Waals surface area (Å²) >= 11 is 0. The zero-order chi connectivity index (χ0) is 14.7. The topological polar surface area (TPSA) is 66.6 Å². The number of hydrogen-bond acceptors (Lipinski definition) is 3. The molecule has 0 bridgehead atoms.